The minimum atomic E-state index is -3.24. The summed E-state index contributed by atoms with van der Waals surface area (Å²) < 4.78 is 24.3. The standard InChI is InChI=1S/C16H22O3S/c1-14(11-12-17)7-6-8-15(2)13-20(18,19)16-9-4-3-5-10-16/h3-5,8-11,17H,6-7,12-13H2,1-2H3/b14-11+,15-8+. The Balaban J connectivity index is 2.62. The molecule has 0 unspecified atom stereocenters. The van der Waals surface area contributed by atoms with Crippen LogP contribution in [0, 0.1) is 0 Å². The van der Waals surface area contributed by atoms with Crippen LogP contribution in [0.3, 0.4) is 0 Å². The highest BCUT2D eigenvalue weighted by atomic mass is 32.2. The van der Waals surface area contributed by atoms with Gasteiger partial charge in [-0.3, -0.25) is 0 Å². The van der Waals surface area contributed by atoms with Crippen molar-refractivity contribution < 1.29 is 13.5 Å². The molecule has 0 heterocycles. The normalized spacial score (nSPS) is 13.6. The van der Waals surface area contributed by atoms with E-state index in [-0.39, 0.29) is 12.4 Å². The van der Waals surface area contributed by atoms with Crippen LogP contribution in [0.4, 0.5) is 0 Å². The lowest BCUT2D eigenvalue weighted by Gasteiger charge is -2.05. The predicted molar refractivity (Wildman–Crippen MR) is 82.3 cm³/mol. The van der Waals surface area contributed by atoms with E-state index in [0.717, 1.165) is 24.0 Å². The van der Waals surface area contributed by atoms with E-state index < -0.39 is 9.84 Å². The maximum Gasteiger partial charge on any atom is 0.182 e. The molecule has 0 saturated heterocycles. The van der Waals surface area contributed by atoms with Crippen LogP contribution in [0.1, 0.15) is 26.7 Å². The quantitative estimate of drug-likeness (QED) is 0.786. The van der Waals surface area contributed by atoms with Gasteiger partial charge in [-0.1, -0.05) is 41.5 Å². The minimum Gasteiger partial charge on any atom is -0.392 e. The molecule has 0 aliphatic rings. The second-order valence-electron chi connectivity index (χ2n) is 4.89. The number of hydrogen-bond acceptors (Lipinski definition) is 3. The van der Waals surface area contributed by atoms with Gasteiger partial charge >= 0.3 is 0 Å². The SMILES string of the molecule is C/C(=C\CO)CC/C=C(\C)CS(=O)(=O)c1ccccc1. The molecule has 0 bridgehead atoms. The van der Waals surface area contributed by atoms with Crippen molar-refractivity contribution in [1.82, 2.24) is 0 Å². The maximum absolute atomic E-state index is 12.2. The van der Waals surface area contributed by atoms with Gasteiger partial charge in [0.15, 0.2) is 9.84 Å². The highest BCUT2D eigenvalue weighted by Gasteiger charge is 2.13. The van der Waals surface area contributed by atoms with Gasteiger partial charge in [0, 0.05) is 0 Å². The second kappa shape index (κ2) is 8.02. The third-order valence-electron chi connectivity index (χ3n) is 2.99. The molecule has 1 rings (SSSR count). The van der Waals surface area contributed by atoms with E-state index in [1.165, 1.54) is 0 Å². The van der Waals surface area contributed by atoms with E-state index in [1.54, 1.807) is 36.4 Å². The van der Waals surface area contributed by atoms with Crippen molar-refractivity contribution in [3.8, 4) is 0 Å². The first-order valence-corrected chi connectivity index (χ1v) is 8.31. The van der Waals surface area contributed by atoms with Crippen LogP contribution >= 0.6 is 0 Å². The maximum atomic E-state index is 12.2. The van der Waals surface area contributed by atoms with Crippen LogP contribution in [0.2, 0.25) is 0 Å². The van der Waals surface area contributed by atoms with Crippen LogP contribution in [-0.4, -0.2) is 25.9 Å². The molecule has 0 spiro atoms. The van der Waals surface area contributed by atoms with Crippen LogP contribution in [0.5, 0.6) is 0 Å². The van der Waals surface area contributed by atoms with Crippen LogP contribution in [0.15, 0.2) is 58.5 Å². The van der Waals surface area contributed by atoms with E-state index in [2.05, 4.69) is 0 Å². The molecule has 3 nitrogen and oxygen atoms in total. The van der Waals surface area contributed by atoms with Crippen molar-refractivity contribution in [3.05, 3.63) is 53.6 Å². The Kier molecular flexibility index (Phi) is 6.68. The fourth-order valence-corrected chi connectivity index (χ4v) is 3.33. The van der Waals surface area contributed by atoms with Crippen molar-refractivity contribution in [1.29, 1.82) is 0 Å². The summed E-state index contributed by atoms with van der Waals surface area (Å²) in [5, 5.41) is 8.75. The molecule has 20 heavy (non-hydrogen) atoms. The summed E-state index contributed by atoms with van der Waals surface area (Å²) >= 11 is 0. The smallest absolute Gasteiger partial charge is 0.182 e. The fourth-order valence-electron chi connectivity index (χ4n) is 1.87. The van der Waals surface area contributed by atoms with E-state index in [1.807, 2.05) is 19.9 Å². The van der Waals surface area contributed by atoms with Gasteiger partial charge in [0.2, 0.25) is 0 Å². The van der Waals surface area contributed by atoms with E-state index in [4.69, 9.17) is 5.11 Å². The Bertz CT molecular complexity index is 569. The third-order valence-corrected chi connectivity index (χ3v) is 4.82. The third kappa shape index (κ3) is 5.72. The molecule has 0 atom stereocenters. The second-order valence-corrected chi connectivity index (χ2v) is 6.88. The molecule has 110 valence electrons. The van der Waals surface area contributed by atoms with E-state index >= 15 is 0 Å². The number of aliphatic hydroxyl groups is 1. The largest absolute Gasteiger partial charge is 0.392 e. The number of aliphatic hydroxyl groups excluding tert-OH is 1. The molecule has 0 aliphatic heterocycles. The first-order valence-electron chi connectivity index (χ1n) is 6.65. The molecule has 0 saturated carbocycles. The van der Waals surface area contributed by atoms with E-state index in [9.17, 15) is 8.42 Å². The first-order chi connectivity index (χ1) is 9.45. The van der Waals surface area contributed by atoms with Gasteiger partial charge in [-0.05, 0) is 38.8 Å². The summed E-state index contributed by atoms with van der Waals surface area (Å²) in [7, 11) is -3.24. The van der Waals surface area contributed by atoms with Crippen LogP contribution in [-0.2, 0) is 9.84 Å². The van der Waals surface area contributed by atoms with Crippen molar-refractivity contribution in [2.24, 2.45) is 0 Å². The molecule has 1 aromatic carbocycles. The highest BCUT2D eigenvalue weighted by Crippen LogP contribution is 2.14. The molecule has 1 aromatic rings. The molecule has 0 fully saturated rings. The van der Waals surface area contributed by atoms with Gasteiger partial charge in [0.25, 0.3) is 0 Å². The Morgan fingerprint density at radius 3 is 2.35 bits per heavy atom. The monoisotopic (exact) mass is 294 g/mol. The Labute approximate surface area is 121 Å². The number of rotatable bonds is 7. The Hall–Kier alpha value is -1.39. The van der Waals surface area contributed by atoms with Crippen LogP contribution < -0.4 is 0 Å². The van der Waals surface area contributed by atoms with E-state index in [0.29, 0.717) is 4.90 Å². The molecular formula is C16H22O3S. The van der Waals surface area contributed by atoms with Crippen LogP contribution in [0.25, 0.3) is 0 Å². The average Bonchev–Trinajstić information content (AvgIpc) is 2.39. The lowest BCUT2D eigenvalue weighted by Crippen LogP contribution is -2.07. The zero-order valence-electron chi connectivity index (χ0n) is 12.0. The molecule has 0 aromatic heterocycles. The molecule has 0 radical (unpaired) electrons. The highest BCUT2D eigenvalue weighted by molar-refractivity contribution is 7.91. The molecular weight excluding hydrogens is 272 g/mol. The summed E-state index contributed by atoms with van der Waals surface area (Å²) in [5.74, 6) is 0.0553. The summed E-state index contributed by atoms with van der Waals surface area (Å²) in [6.45, 7) is 3.85. The predicted octanol–water partition coefficient (Wildman–Crippen LogP) is 3.13. The zero-order valence-corrected chi connectivity index (χ0v) is 12.9. The number of benzene rings is 1. The Morgan fingerprint density at radius 1 is 1.10 bits per heavy atom. The summed E-state index contributed by atoms with van der Waals surface area (Å²) in [5.41, 5.74) is 1.97. The van der Waals surface area contributed by atoms with Gasteiger partial charge < -0.3 is 5.11 Å². The zero-order chi connectivity index (χ0) is 15.0. The molecule has 0 aliphatic carbocycles. The topological polar surface area (TPSA) is 54.4 Å². The Morgan fingerprint density at radius 2 is 1.75 bits per heavy atom. The lowest BCUT2D eigenvalue weighted by molar-refractivity contribution is 0.341. The van der Waals surface area contributed by atoms with Crippen molar-refractivity contribution >= 4 is 9.84 Å². The molecule has 4 heteroatoms. The summed E-state index contributed by atoms with van der Waals surface area (Å²) in [6, 6.07) is 8.51. The van der Waals surface area contributed by atoms with Crippen molar-refractivity contribution in [3.63, 3.8) is 0 Å². The number of allylic oxidation sites excluding steroid dienone is 2. The van der Waals surface area contributed by atoms with Gasteiger partial charge in [-0.2, -0.15) is 0 Å². The number of hydrogen-bond donors (Lipinski definition) is 1. The number of sulfone groups is 1. The fraction of sp³-hybridized carbons (Fsp3) is 0.375. The molecule has 1 N–H and O–H groups in total. The minimum absolute atomic E-state index is 0.0525. The van der Waals surface area contributed by atoms with Gasteiger partial charge in [0.1, 0.15) is 0 Å². The van der Waals surface area contributed by atoms with Gasteiger partial charge in [-0.15, -0.1) is 0 Å². The average molecular weight is 294 g/mol. The van der Waals surface area contributed by atoms with Gasteiger partial charge in [0.05, 0.1) is 17.3 Å². The molecule has 0 amide bonds. The van der Waals surface area contributed by atoms with Crippen molar-refractivity contribution in [2.75, 3.05) is 12.4 Å². The van der Waals surface area contributed by atoms with Gasteiger partial charge in [-0.25, -0.2) is 8.42 Å². The lowest BCUT2D eigenvalue weighted by atomic mass is 10.1. The first kappa shape index (κ1) is 16.7. The summed E-state index contributed by atoms with van der Waals surface area (Å²) in [6.07, 6.45) is 5.35. The summed E-state index contributed by atoms with van der Waals surface area (Å²) in [4.78, 5) is 0.365. The van der Waals surface area contributed by atoms with Crippen molar-refractivity contribution in [2.45, 2.75) is 31.6 Å².